The smallest absolute Gasteiger partial charge is 0.457 e. The third kappa shape index (κ3) is 6.84. The molecule has 31 heavy (non-hydrogen) atoms. The van der Waals surface area contributed by atoms with Crippen LogP contribution in [-0.4, -0.2) is 24.2 Å². The molecule has 0 unspecified atom stereocenters. The second-order valence-corrected chi connectivity index (χ2v) is 9.13. The van der Waals surface area contributed by atoms with Crippen molar-refractivity contribution in [2.45, 2.75) is 77.3 Å². The van der Waals surface area contributed by atoms with Gasteiger partial charge in [0.25, 0.3) is 0 Å². The number of para-hydroxylation sites is 1. The van der Waals surface area contributed by atoms with Gasteiger partial charge in [-0.25, -0.2) is 0 Å². The van der Waals surface area contributed by atoms with Gasteiger partial charge in [-0.15, -0.1) is 0 Å². The maximum atomic E-state index is 12.3. The van der Waals surface area contributed by atoms with Crippen LogP contribution in [0.15, 0.2) is 54.6 Å². The maximum Gasteiger partial charge on any atom is 0.457 e. The summed E-state index contributed by atoms with van der Waals surface area (Å²) in [6, 6.07) is 17.1. The quantitative estimate of drug-likeness (QED) is 0.352. The topological polar surface area (TPSA) is 56.8 Å². The Morgan fingerprint density at radius 2 is 1.52 bits per heavy atom. The number of benzene rings is 2. The molecule has 0 aliphatic carbocycles. The zero-order valence-electron chi connectivity index (χ0n) is 19.1. The number of carbonyl (C=O) groups excluding carboxylic acids is 1. The van der Waals surface area contributed by atoms with Gasteiger partial charge in [-0.1, -0.05) is 43.5 Å². The van der Waals surface area contributed by atoms with Gasteiger partial charge in [0.1, 0.15) is 11.5 Å². The zero-order valence-corrected chi connectivity index (χ0v) is 19.1. The summed E-state index contributed by atoms with van der Waals surface area (Å²) in [4.78, 5) is 12.3. The van der Waals surface area contributed by atoms with Crippen molar-refractivity contribution in [3.05, 3.63) is 54.6 Å². The molecule has 2 aromatic rings. The van der Waals surface area contributed by atoms with Crippen LogP contribution in [0, 0.1) is 0 Å². The van der Waals surface area contributed by atoms with E-state index >= 15 is 0 Å². The van der Waals surface area contributed by atoms with Crippen molar-refractivity contribution in [3.63, 3.8) is 0 Å². The van der Waals surface area contributed by atoms with Crippen LogP contribution in [0.1, 0.15) is 59.8 Å². The molecule has 0 radical (unpaired) electrons. The van der Waals surface area contributed by atoms with Gasteiger partial charge in [-0.05, 0) is 64.7 Å². The molecule has 166 valence electrons. The highest BCUT2D eigenvalue weighted by Gasteiger charge is 2.50. The van der Waals surface area contributed by atoms with E-state index in [4.69, 9.17) is 14.0 Å². The molecule has 5 nitrogen and oxygen atoms in total. The van der Waals surface area contributed by atoms with Gasteiger partial charge < -0.3 is 19.4 Å². The molecule has 0 spiro atoms. The number of carbonyl (C=O) groups is 1. The fourth-order valence-electron chi connectivity index (χ4n) is 3.52. The summed E-state index contributed by atoms with van der Waals surface area (Å²) in [5.74, 6) is 1.50. The van der Waals surface area contributed by atoms with Crippen molar-refractivity contribution in [1.82, 2.24) is 0 Å². The number of unbranched alkanes of at least 4 members (excludes halogenated alkanes) is 3. The molecule has 2 aromatic carbocycles. The standard InChI is InChI=1S/C25H34BNO4/c1-24(2)25(3,4)31-26(30-24)18-11-6-5-10-17-23(28)27-20-13-12-16-22(19-20)29-21-14-8-7-9-15-21/h7-9,12-16,19H,5-6,10-11,17-18H2,1-4H3,(H,27,28). The molecule has 1 fully saturated rings. The summed E-state index contributed by atoms with van der Waals surface area (Å²) < 4.78 is 17.9. The summed E-state index contributed by atoms with van der Waals surface area (Å²) in [7, 11) is -0.126. The lowest BCUT2D eigenvalue weighted by Crippen LogP contribution is -2.41. The van der Waals surface area contributed by atoms with Crippen molar-refractivity contribution in [2.24, 2.45) is 0 Å². The molecule has 1 saturated heterocycles. The van der Waals surface area contributed by atoms with Gasteiger partial charge in [0, 0.05) is 18.2 Å². The molecule has 0 aromatic heterocycles. The van der Waals surface area contributed by atoms with Crippen LogP contribution >= 0.6 is 0 Å². The predicted octanol–water partition coefficient (Wildman–Crippen LogP) is 6.46. The van der Waals surface area contributed by atoms with Crippen molar-refractivity contribution < 1.29 is 18.8 Å². The molecule has 3 rings (SSSR count). The van der Waals surface area contributed by atoms with Crippen LogP contribution < -0.4 is 10.1 Å². The second-order valence-electron chi connectivity index (χ2n) is 9.13. The molecule has 1 aliphatic heterocycles. The predicted molar refractivity (Wildman–Crippen MR) is 126 cm³/mol. The molecule has 1 aliphatic rings. The lowest BCUT2D eigenvalue weighted by atomic mass is 9.82. The van der Waals surface area contributed by atoms with Crippen molar-refractivity contribution in [1.29, 1.82) is 0 Å². The number of ether oxygens (including phenoxy) is 1. The van der Waals surface area contributed by atoms with Gasteiger partial charge in [0.05, 0.1) is 11.2 Å². The van der Waals surface area contributed by atoms with Gasteiger partial charge in [0.2, 0.25) is 5.91 Å². The Kier molecular flexibility index (Phi) is 7.79. The highest BCUT2D eigenvalue weighted by Crippen LogP contribution is 2.38. The van der Waals surface area contributed by atoms with Crippen LogP contribution in [0.4, 0.5) is 5.69 Å². The molecule has 1 N–H and O–H groups in total. The summed E-state index contributed by atoms with van der Waals surface area (Å²) in [5.41, 5.74) is 0.220. The fourth-order valence-corrected chi connectivity index (χ4v) is 3.52. The number of nitrogens with one attached hydrogen (secondary N) is 1. The van der Waals surface area contributed by atoms with Crippen molar-refractivity contribution in [2.75, 3.05) is 5.32 Å². The Hall–Kier alpha value is -2.31. The number of amides is 1. The Morgan fingerprint density at radius 1 is 0.871 bits per heavy atom. The van der Waals surface area contributed by atoms with E-state index in [0.717, 1.165) is 43.4 Å². The summed E-state index contributed by atoms with van der Waals surface area (Å²) in [5, 5.41) is 2.96. The Bertz CT molecular complexity index is 838. The third-order valence-electron chi connectivity index (χ3n) is 5.99. The van der Waals surface area contributed by atoms with E-state index in [1.165, 1.54) is 0 Å². The minimum absolute atomic E-state index is 0.0304. The largest absolute Gasteiger partial charge is 0.457 e. The van der Waals surface area contributed by atoms with E-state index in [1.807, 2.05) is 54.6 Å². The zero-order chi connectivity index (χ0) is 22.3. The fraction of sp³-hybridized carbons (Fsp3) is 0.480. The van der Waals surface area contributed by atoms with Crippen LogP contribution in [0.2, 0.25) is 6.32 Å². The first-order chi connectivity index (χ1) is 14.7. The van der Waals surface area contributed by atoms with E-state index in [0.29, 0.717) is 12.2 Å². The average Bonchev–Trinajstić information content (AvgIpc) is 2.92. The SMILES string of the molecule is CC1(C)OB(CCCCCCC(=O)Nc2cccc(Oc3ccccc3)c2)OC1(C)C. The molecule has 0 bridgehead atoms. The van der Waals surface area contributed by atoms with E-state index in [9.17, 15) is 4.79 Å². The molecule has 1 heterocycles. The molecular formula is C25H34BNO4. The van der Waals surface area contributed by atoms with E-state index in [2.05, 4.69) is 33.0 Å². The molecule has 0 atom stereocenters. The summed E-state index contributed by atoms with van der Waals surface area (Å²) >= 11 is 0. The highest BCUT2D eigenvalue weighted by atomic mass is 16.7. The lowest BCUT2D eigenvalue weighted by Gasteiger charge is -2.32. The van der Waals surface area contributed by atoms with Gasteiger partial charge in [0.15, 0.2) is 0 Å². The number of rotatable bonds is 10. The van der Waals surface area contributed by atoms with Gasteiger partial charge >= 0.3 is 7.12 Å². The van der Waals surface area contributed by atoms with Crippen LogP contribution in [0.3, 0.4) is 0 Å². The highest BCUT2D eigenvalue weighted by molar-refractivity contribution is 6.45. The summed E-state index contributed by atoms with van der Waals surface area (Å²) in [6.45, 7) is 8.31. The second kappa shape index (κ2) is 10.3. The van der Waals surface area contributed by atoms with Crippen LogP contribution in [0.25, 0.3) is 0 Å². The minimum Gasteiger partial charge on any atom is -0.457 e. The first-order valence-corrected chi connectivity index (χ1v) is 11.2. The van der Waals surface area contributed by atoms with Crippen molar-refractivity contribution in [3.8, 4) is 11.5 Å². The maximum absolute atomic E-state index is 12.3. The first kappa shape index (κ1) is 23.4. The Morgan fingerprint density at radius 3 is 2.23 bits per heavy atom. The molecular weight excluding hydrogens is 389 g/mol. The average molecular weight is 423 g/mol. The Labute approximate surface area is 186 Å². The molecule has 6 heteroatoms. The van der Waals surface area contributed by atoms with E-state index in [1.54, 1.807) is 0 Å². The summed E-state index contributed by atoms with van der Waals surface area (Å²) in [6.07, 6.45) is 5.40. The van der Waals surface area contributed by atoms with Gasteiger partial charge in [-0.3, -0.25) is 4.79 Å². The number of hydrogen-bond acceptors (Lipinski definition) is 4. The van der Waals surface area contributed by atoms with E-state index < -0.39 is 0 Å². The normalized spacial score (nSPS) is 16.8. The van der Waals surface area contributed by atoms with Gasteiger partial charge in [-0.2, -0.15) is 0 Å². The first-order valence-electron chi connectivity index (χ1n) is 11.2. The Balaban J connectivity index is 1.32. The molecule has 1 amide bonds. The van der Waals surface area contributed by atoms with Crippen LogP contribution in [-0.2, 0) is 14.1 Å². The van der Waals surface area contributed by atoms with Crippen LogP contribution in [0.5, 0.6) is 11.5 Å². The third-order valence-corrected chi connectivity index (χ3v) is 5.99. The number of anilines is 1. The van der Waals surface area contributed by atoms with E-state index in [-0.39, 0.29) is 24.2 Å². The molecule has 0 saturated carbocycles. The monoisotopic (exact) mass is 423 g/mol. The minimum atomic E-state index is -0.265. The number of hydrogen-bond donors (Lipinski definition) is 1. The lowest BCUT2D eigenvalue weighted by molar-refractivity contribution is -0.116. The van der Waals surface area contributed by atoms with Crippen molar-refractivity contribution >= 4 is 18.7 Å².